The summed E-state index contributed by atoms with van der Waals surface area (Å²) in [5.41, 5.74) is 4.78. The van der Waals surface area contributed by atoms with E-state index in [0.717, 1.165) is 25.7 Å². The quantitative estimate of drug-likeness (QED) is 0.644. The van der Waals surface area contributed by atoms with Crippen LogP contribution in [0, 0.1) is 5.92 Å². The van der Waals surface area contributed by atoms with Gasteiger partial charge >= 0.3 is 5.97 Å². The molecular weight excluding hydrogens is 166 g/mol. The summed E-state index contributed by atoms with van der Waals surface area (Å²) in [6, 6.07) is 0. The molecule has 1 atom stereocenters. The van der Waals surface area contributed by atoms with Gasteiger partial charge in [0.25, 0.3) is 0 Å². The fourth-order valence-electron chi connectivity index (χ4n) is 2.05. The summed E-state index contributed by atoms with van der Waals surface area (Å²) in [6.45, 7) is 1.64. The normalized spacial score (nSPS) is 24.8. The SMILES string of the molecule is C[C@](N)(C(=O)O)C1CCCCCC1. The molecule has 0 aromatic rings. The van der Waals surface area contributed by atoms with Gasteiger partial charge in [0, 0.05) is 0 Å². The third-order valence-electron chi connectivity index (χ3n) is 3.16. The highest BCUT2D eigenvalue weighted by molar-refractivity contribution is 5.78. The van der Waals surface area contributed by atoms with E-state index < -0.39 is 11.5 Å². The molecule has 1 rings (SSSR count). The second kappa shape index (κ2) is 4.09. The van der Waals surface area contributed by atoms with E-state index in [1.807, 2.05) is 0 Å². The first-order valence-corrected chi connectivity index (χ1v) is 5.07. The van der Waals surface area contributed by atoms with Crippen LogP contribution >= 0.6 is 0 Å². The van der Waals surface area contributed by atoms with Gasteiger partial charge in [-0.15, -0.1) is 0 Å². The van der Waals surface area contributed by atoms with Crippen LogP contribution in [0.2, 0.25) is 0 Å². The fraction of sp³-hybridized carbons (Fsp3) is 0.900. The van der Waals surface area contributed by atoms with Crippen molar-refractivity contribution in [3.05, 3.63) is 0 Å². The van der Waals surface area contributed by atoms with Crippen molar-refractivity contribution in [1.29, 1.82) is 0 Å². The van der Waals surface area contributed by atoms with Gasteiger partial charge in [0.1, 0.15) is 5.54 Å². The molecule has 3 nitrogen and oxygen atoms in total. The van der Waals surface area contributed by atoms with Gasteiger partial charge in [0.15, 0.2) is 0 Å². The van der Waals surface area contributed by atoms with Gasteiger partial charge in [-0.05, 0) is 25.7 Å². The molecule has 1 aliphatic carbocycles. The molecule has 0 saturated heterocycles. The van der Waals surface area contributed by atoms with Crippen molar-refractivity contribution in [2.45, 2.75) is 51.0 Å². The minimum absolute atomic E-state index is 0.160. The van der Waals surface area contributed by atoms with Crippen molar-refractivity contribution in [2.75, 3.05) is 0 Å². The molecule has 0 aromatic heterocycles. The summed E-state index contributed by atoms with van der Waals surface area (Å²) < 4.78 is 0. The molecule has 1 fully saturated rings. The third kappa shape index (κ3) is 2.44. The average molecular weight is 185 g/mol. The van der Waals surface area contributed by atoms with Crippen LogP contribution in [0.5, 0.6) is 0 Å². The summed E-state index contributed by atoms with van der Waals surface area (Å²) in [7, 11) is 0. The Morgan fingerprint density at radius 3 is 2.15 bits per heavy atom. The Bertz CT molecular complexity index is 181. The molecule has 3 N–H and O–H groups in total. The van der Waals surface area contributed by atoms with Crippen LogP contribution in [0.3, 0.4) is 0 Å². The zero-order valence-electron chi connectivity index (χ0n) is 8.25. The predicted molar refractivity (Wildman–Crippen MR) is 51.4 cm³/mol. The van der Waals surface area contributed by atoms with Crippen LogP contribution < -0.4 is 5.73 Å². The monoisotopic (exact) mass is 185 g/mol. The van der Waals surface area contributed by atoms with Gasteiger partial charge in [-0.3, -0.25) is 4.79 Å². The van der Waals surface area contributed by atoms with E-state index in [0.29, 0.717) is 0 Å². The van der Waals surface area contributed by atoms with Gasteiger partial charge in [-0.1, -0.05) is 25.7 Å². The number of hydrogen-bond donors (Lipinski definition) is 2. The number of nitrogens with two attached hydrogens (primary N) is 1. The highest BCUT2D eigenvalue weighted by Gasteiger charge is 2.37. The zero-order chi connectivity index (χ0) is 9.90. The van der Waals surface area contributed by atoms with Crippen LogP contribution in [0.4, 0.5) is 0 Å². The topological polar surface area (TPSA) is 63.3 Å². The molecule has 3 heteroatoms. The minimum atomic E-state index is -1.02. The highest BCUT2D eigenvalue weighted by atomic mass is 16.4. The van der Waals surface area contributed by atoms with Gasteiger partial charge in [0.05, 0.1) is 0 Å². The standard InChI is InChI=1S/C10H19NO2/c1-10(11,9(12)13)8-6-4-2-3-5-7-8/h8H,2-7,11H2,1H3,(H,12,13)/t10-/m1/s1. The van der Waals surface area contributed by atoms with Crippen molar-refractivity contribution in [3.63, 3.8) is 0 Å². The minimum Gasteiger partial charge on any atom is -0.480 e. The Kier molecular flexibility index (Phi) is 3.31. The van der Waals surface area contributed by atoms with E-state index in [9.17, 15) is 4.79 Å². The molecule has 0 spiro atoms. The van der Waals surface area contributed by atoms with Gasteiger partial charge in [-0.2, -0.15) is 0 Å². The molecule has 1 aliphatic rings. The van der Waals surface area contributed by atoms with Crippen LogP contribution in [-0.4, -0.2) is 16.6 Å². The highest BCUT2D eigenvalue weighted by Crippen LogP contribution is 2.30. The smallest absolute Gasteiger partial charge is 0.323 e. The number of carboxylic acids is 1. The third-order valence-corrected chi connectivity index (χ3v) is 3.16. The summed E-state index contributed by atoms with van der Waals surface area (Å²) >= 11 is 0. The molecule has 0 bridgehead atoms. The van der Waals surface area contributed by atoms with Crippen molar-refractivity contribution in [2.24, 2.45) is 11.7 Å². The first-order chi connectivity index (χ1) is 6.05. The lowest BCUT2D eigenvalue weighted by molar-refractivity contribution is -0.145. The van der Waals surface area contributed by atoms with Crippen molar-refractivity contribution in [3.8, 4) is 0 Å². The van der Waals surface area contributed by atoms with Crippen LogP contribution in [0.25, 0.3) is 0 Å². The first kappa shape index (κ1) is 10.5. The number of aliphatic carboxylic acids is 1. The Morgan fingerprint density at radius 2 is 1.77 bits per heavy atom. The summed E-state index contributed by atoms with van der Waals surface area (Å²) in [5.74, 6) is -0.702. The van der Waals surface area contributed by atoms with E-state index in [1.54, 1.807) is 6.92 Å². The number of rotatable bonds is 2. The largest absolute Gasteiger partial charge is 0.480 e. The van der Waals surface area contributed by atoms with Gasteiger partial charge in [-0.25, -0.2) is 0 Å². The Morgan fingerprint density at radius 1 is 1.31 bits per heavy atom. The Hall–Kier alpha value is -0.570. The fourth-order valence-corrected chi connectivity index (χ4v) is 2.05. The molecule has 0 radical (unpaired) electrons. The maximum atomic E-state index is 10.9. The predicted octanol–water partition coefficient (Wildman–Crippen LogP) is 1.76. The Labute approximate surface area is 79.3 Å². The van der Waals surface area contributed by atoms with E-state index >= 15 is 0 Å². The molecule has 13 heavy (non-hydrogen) atoms. The van der Waals surface area contributed by atoms with E-state index in [-0.39, 0.29) is 5.92 Å². The second-order valence-electron chi connectivity index (χ2n) is 4.28. The summed E-state index contributed by atoms with van der Waals surface area (Å²) in [5, 5.41) is 8.96. The maximum absolute atomic E-state index is 10.9. The van der Waals surface area contributed by atoms with Crippen LogP contribution in [0.1, 0.15) is 45.4 Å². The van der Waals surface area contributed by atoms with Gasteiger partial charge in [0.2, 0.25) is 0 Å². The number of hydrogen-bond acceptors (Lipinski definition) is 2. The molecule has 0 unspecified atom stereocenters. The van der Waals surface area contributed by atoms with E-state index in [4.69, 9.17) is 10.8 Å². The molecule has 0 heterocycles. The molecular formula is C10H19NO2. The molecule has 76 valence electrons. The van der Waals surface area contributed by atoms with Crippen LogP contribution in [-0.2, 0) is 4.79 Å². The first-order valence-electron chi connectivity index (χ1n) is 5.07. The Balaban J connectivity index is 2.62. The average Bonchev–Trinajstić information content (AvgIpc) is 2.31. The maximum Gasteiger partial charge on any atom is 0.323 e. The van der Waals surface area contributed by atoms with Gasteiger partial charge < -0.3 is 10.8 Å². The van der Waals surface area contributed by atoms with E-state index in [2.05, 4.69) is 0 Å². The van der Waals surface area contributed by atoms with Crippen LogP contribution in [0.15, 0.2) is 0 Å². The van der Waals surface area contributed by atoms with Crippen molar-refractivity contribution in [1.82, 2.24) is 0 Å². The number of carbonyl (C=O) groups is 1. The molecule has 0 aliphatic heterocycles. The molecule has 1 saturated carbocycles. The lowest BCUT2D eigenvalue weighted by Crippen LogP contribution is -2.51. The lowest BCUT2D eigenvalue weighted by Gasteiger charge is -2.29. The summed E-state index contributed by atoms with van der Waals surface area (Å²) in [6.07, 6.45) is 6.66. The molecule has 0 aromatic carbocycles. The van der Waals surface area contributed by atoms with Crippen molar-refractivity contribution >= 4 is 5.97 Å². The zero-order valence-corrected chi connectivity index (χ0v) is 8.25. The van der Waals surface area contributed by atoms with E-state index in [1.165, 1.54) is 12.8 Å². The van der Waals surface area contributed by atoms with Crippen molar-refractivity contribution < 1.29 is 9.90 Å². The molecule has 0 amide bonds. The second-order valence-corrected chi connectivity index (χ2v) is 4.28. The lowest BCUT2D eigenvalue weighted by atomic mass is 9.81. The number of carboxylic acid groups (broad SMARTS) is 1. The summed E-state index contributed by atoms with van der Waals surface area (Å²) in [4.78, 5) is 10.9.